The predicted octanol–water partition coefficient (Wildman–Crippen LogP) is 0.713. The zero-order chi connectivity index (χ0) is 7.61. The molecule has 3 heteroatoms. The van der Waals surface area contributed by atoms with Crippen LogP contribution in [0.2, 0.25) is 0 Å². The highest BCUT2D eigenvalue weighted by atomic mass is 32.2. The summed E-state index contributed by atoms with van der Waals surface area (Å²) in [4.78, 5) is 0. The largest absolute Gasteiger partial charge is 0.376 e. The maximum Gasteiger partial charge on any atom is 0.0923 e. The van der Waals surface area contributed by atoms with E-state index in [2.05, 4.69) is 6.92 Å². The second kappa shape index (κ2) is 3.11. The fourth-order valence-corrected chi connectivity index (χ4v) is 2.95. The van der Waals surface area contributed by atoms with Crippen molar-refractivity contribution in [2.75, 3.05) is 25.2 Å². The van der Waals surface area contributed by atoms with Crippen molar-refractivity contribution < 1.29 is 4.74 Å². The van der Waals surface area contributed by atoms with E-state index in [1.54, 1.807) is 7.11 Å². The van der Waals surface area contributed by atoms with Crippen molar-refractivity contribution in [3.05, 3.63) is 0 Å². The molecule has 0 spiro atoms. The van der Waals surface area contributed by atoms with Gasteiger partial charge in [-0.15, -0.1) is 0 Å². The molecule has 0 aliphatic carbocycles. The number of ether oxygens (including phenoxy) is 1. The third-order valence-corrected chi connectivity index (χ3v) is 3.79. The number of thioether (sulfide) groups is 1. The third-order valence-electron chi connectivity index (χ3n) is 2.36. The number of nitrogens with two attached hydrogens (primary N) is 1. The fourth-order valence-electron chi connectivity index (χ4n) is 1.31. The summed E-state index contributed by atoms with van der Waals surface area (Å²) in [6, 6.07) is 0. The highest BCUT2D eigenvalue weighted by Crippen LogP contribution is 2.34. The molecule has 0 aromatic rings. The molecule has 2 unspecified atom stereocenters. The van der Waals surface area contributed by atoms with E-state index in [-0.39, 0.29) is 5.60 Å². The van der Waals surface area contributed by atoms with Crippen LogP contribution >= 0.6 is 11.8 Å². The van der Waals surface area contributed by atoms with Crippen molar-refractivity contribution in [1.82, 2.24) is 0 Å². The number of rotatable bonds is 2. The Morgan fingerprint density at radius 3 is 2.70 bits per heavy atom. The summed E-state index contributed by atoms with van der Waals surface area (Å²) < 4.78 is 5.41. The van der Waals surface area contributed by atoms with Gasteiger partial charge in [0, 0.05) is 19.4 Å². The average Bonchev–Trinajstić information content (AvgIpc) is 2.32. The van der Waals surface area contributed by atoms with Crippen LogP contribution in [0, 0.1) is 5.92 Å². The van der Waals surface area contributed by atoms with Crippen LogP contribution in [0.5, 0.6) is 0 Å². The Morgan fingerprint density at radius 2 is 2.50 bits per heavy atom. The van der Waals surface area contributed by atoms with Crippen LogP contribution in [0.25, 0.3) is 0 Å². The van der Waals surface area contributed by atoms with E-state index < -0.39 is 0 Å². The zero-order valence-electron chi connectivity index (χ0n) is 6.59. The Hall–Kier alpha value is 0.270. The van der Waals surface area contributed by atoms with Crippen molar-refractivity contribution >= 4 is 11.8 Å². The molecule has 0 aromatic carbocycles. The van der Waals surface area contributed by atoms with E-state index in [9.17, 15) is 0 Å². The minimum absolute atomic E-state index is 0.0231. The molecule has 0 amide bonds. The van der Waals surface area contributed by atoms with Gasteiger partial charge in [0.2, 0.25) is 0 Å². The van der Waals surface area contributed by atoms with Gasteiger partial charge in [-0.05, 0) is 11.7 Å². The molecule has 1 aliphatic heterocycles. The van der Waals surface area contributed by atoms with Gasteiger partial charge in [-0.2, -0.15) is 11.8 Å². The Bertz CT molecular complexity index is 114. The first-order chi connectivity index (χ1) is 4.75. The summed E-state index contributed by atoms with van der Waals surface area (Å²) in [6.07, 6.45) is 0. The molecular weight excluding hydrogens is 146 g/mol. The predicted molar refractivity (Wildman–Crippen MR) is 45.3 cm³/mol. The Morgan fingerprint density at radius 1 is 1.80 bits per heavy atom. The van der Waals surface area contributed by atoms with Crippen LogP contribution < -0.4 is 5.73 Å². The maximum atomic E-state index is 5.63. The molecule has 1 fully saturated rings. The maximum absolute atomic E-state index is 5.63. The van der Waals surface area contributed by atoms with Crippen LogP contribution in [-0.4, -0.2) is 30.8 Å². The van der Waals surface area contributed by atoms with Gasteiger partial charge in [-0.1, -0.05) is 6.92 Å². The Labute approximate surface area is 66.5 Å². The molecule has 1 aliphatic rings. The summed E-state index contributed by atoms with van der Waals surface area (Å²) >= 11 is 1.93. The normalized spacial score (nSPS) is 40.5. The topological polar surface area (TPSA) is 35.2 Å². The summed E-state index contributed by atoms with van der Waals surface area (Å²) in [7, 11) is 1.76. The van der Waals surface area contributed by atoms with Crippen molar-refractivity contribution in [1.29, 1.82) is 0 Å². The number of hydrogen-bond acceptors (Lipinski definition) is 3. The Kier molecular flexibility index (Phi) is 2.61. The van der Waals surface area contributed by atoms with Gasteiger partial charge in [-0.25, -0.2) is 0 Å². The summed E-state index contributed by atoms with van der Waals surface area (Å²) in [6.45, 7) is 2.86. The molecule has 1 saturated heterocycles. The highest BCUT2D eigenvalue weighted by molar-refractivity contribution is 7.99. The smallest absolute Gasteiger partial charge is 0.0923 e. The van der Waals surface area contributed by atoms with Gasteiger partial charge in [0.25, 0.3) is 0 Å². The second-order valence-corrected chi connectivity index (χ2v) is 3.92. The average molecular weight is 161 g/mol. The van der Waals surface area contributed by atoms with Gasteiger partial charge >= 0.3 is 0 Å². The lowest BCUT2D eigenvalue weighted by Gasteiger charge is -2.29. The summed E-state index contributed by atoms with van der Waals surface area (Å²) in [5.74, 6) is 2.85. The molecular formula is C7H15NOS. The van der Waals surface area contributed by atoms with Crippen molar-refractivity contribution in [2.45, 2.75) is 12.5 Å². The van der Waals surface area contributed by atoms with Crippen LogP contribution in [0.1, 0.15) is 6.92 Å². The molecule has 0 saturated carbocycles. The van der Waals surface area contributed by atoms with Crippen LogP contribution in [0.3, 0.4) is 0 Å². The van der Waals surface area contributed by atoms with Gasteiger partial charge in [-0.3, -0.25) is 0 Å². The summed E-state index contributed by atoms with van der Waals surface area (Å²) in [5.41, 5.74) is 5.61. The fraction of sp³-hybridized carbons (Fsp3) is 1.00. The Balaban J connectivity index is 2.61. The third kappa shape index (κ3) is 1.18. The van der Waals surface area contributed by atoms with E-state index in [0.717, 1.165) is 5.75 Å². The van der Waals surface area contributed by atoms with Crippen LogP contribution in [0.15, 0.2) is 0 Å². The highest BCUT2D eigenvalue weighted by Gasteiger charge is 2.39. The van der Waals surface area contributed by atoms with Crippen LogP contribution in [0.4, 0.5) is 0 Å². The molecule has 1 rings (SSSR count). The first-order valence-electron chi connectivity index (χ1n) is 3.58. The van der Waals surface area contributed by atoms with E-state index in [1.165, 1.54) is 5.75 Å². The van der Waals surface area contributed by atoms with Gasteiger partial charge in [0.1, 0.15) is 0 Å². The molecule has 0 bridgehead atoms. The standard InChI is InChI=1S/C7H15NOS/c1-6-3-10-5-7(6,4-8)9-2/h6H,3-5,8H2,1-2H3. The van der Waals surface area contributed by atoms with E-state index in [0.29, 0.717) is 12.5 Å². The van der Waals surface area contributed by atoms with Gasteiger partial charge < -0.3 is 10.5 Å². The minimum atomic E-state index is -0.0231. The molecule has 2 atom stereocenters. The lowest BCUT2D eigenvalue weighted by Crippen LogP contribution is -2.45. The monoisotopic (exact) mass is 161 g/mol. The SMILES string of the molecule is COC1(CN)CSCC1C. The molecule has 2 nitrogen and oxygen atoms in total. The van der Waals surface area contributed by atoms with Crippen molar-refractivity contribution in [3.8, 4) is 0 Å². The molecule has 0 aromatic heterocycles. The first kappa shape index (κ1) is 8.37. The molecule has 1 heterocycles. The van der Waals surface area contributed by atoms with E-state index >= 15 is 0 Å². The zero-order valence-corrected chi connectivity index (χ0v) is 7.41. The first-order valence-corrected chi connectivity index (χ1v) is 4.73. The molecule has 60 valence electrons. The summed E-state index contributed by atoms with van der Waals surface area (Å²) in [5, 5.41) is 0. The lowest BCUT2D eigenvalue weighted by atomic mass is 9.93. The molecule has 0 radical (unpaired) electrons. The molecule has 10 heavy (non-hydrogen) atoms. The minimum Gasteiger partial charge on any atom is -0.376 e. The number of methoxy groups -OCH3 is 1. The second-order valence-electron chi connectivity index (χ2n) is 2.89. The van der Waals surface area contributed by atoms with E-state index in [1.807, 2.05) is 11.8 Å². The number of hydrogen-bond donors (Lipinski definition) is 1. The van der Waals surface area contributed by atoms with Crippen molar-refractivity contribution in [3.63, 3.8) is 0 Å². The van der Waals surface area contributed by atoms with Crippen LogP contribution in [-0.2, 0) is 4.74 Å². The van der Waals surface area contributed by atoms with Gasteiger partial charge in [0.15, 0.2) is 0 Å². The molecule has 2 N–H and O–H groups in total. The van der Waals surface area contributed by atoms with Gasteiger partial charge in [0.05, 0.1) is 5.60 Å². The van der Waals surface area contributed by atoms with Crippen molar-refractivity contribution in [2.24, 2.45) is 11.7 Å². The van der Waals surface area contributed by atoms with E-state index in [4.69, 9.17) is 10.5 Å². The quantitative estimate of drug-likeness (QED) is 0.648. The lowest BCUT2D eigenvalue weighted by molar-refractivity contribution is -0.0123.